The van der Waals surface area contributed by atoms with Crippen molar-refractivity contribution in [3.63, 3.8) is 0 Å². The number of piperazine rings is 1. The van der Waals surface area contributed by atoms with E-state index in [1.54, 1.807) is 19.9 Å². The summed E-state index contributed by atoms with van der Waals surface area (Å²) in [7, 11) is 0. The Kier molecular flexibility index (Phi) is 6.71. The number of hydrogen-bond acceptors (Lipinski definition) is 3. The van der Waals surface area contributed by atoms with Gasteiger partial charge in [-0.15, -0.1) is 0 Å². The summed E-state index contributed by atoms with van der Waals surface area (Å²) in [6.07, 6.45) is -4.41. The van der Waals surface area contributed by atoms with E-state index in [9.17, 15) is 18.0 Å². The quantitative estimate of drug-likeness (QED) is 0.856. The van der Waals surface area contributed by atoms with Crippen molar-refractivity contribution in [1.82, 2.24) is 15.1 Å². The van der Waals surface area contributed by atoms with E-state index >= 15 is 0 Å². The van der Waals surface area contributed by atoms with Crippen molar-refractivity contribution in [2.24, 2.45) is 0 Å². The van der Waals surface area contributed by atoms with E-state index in [1.807, 2.05) is 23.1 Å². The summed E-state index contributed by atoms with van der Waals surface area (Å²) in [5.41, 5.74) is 0.944. The minimum Gasteiger partial charge on any atom is -0.330 e. The largest absolute Gasteiger partial charge is 0.406 e. The van der Waals surface area contributed by atoms with Crippen molar-refractivity contribution < 1.29 is 18.0 Å². The fourth-order valence-corrected chi connectivity index (χ4v) is 3.19. The third-order valence-corrected chi connectivity index (χ3v) is 4.45. The predicted octanol–water partition coefficient (Wildman–Crippen LogP) is 3.09. The van der Waals surface area contributed by atoms with Gasteiger partial charge in [-0.25, -0.2) is 0 Å². The lowest BCUT2D eigenvalue weighted by Gasteiger charge is -2.38. The molecule has 8 heteroatoms. The molecule has 1 aliphatic rings. The first-order chi connectivity index (χ1) is 11.7. The van der Waals surface area contributed by atoms with Crippen molar-refractivity contribution >= 4 is 17.5 Å². The molecule has 1 amide bonds. The Morgan fingerprint density at radius 3 is 2.76 bits per heavy atom. The standard InChI is InChI=1S/C17H23ClF3N3O/c1-12(2)24(11-17(19,20)21)16(25)10-23-7-6-22-9-15(23)13-4-3-5-14(18)8-13/h3-5,8,12,15,22H,6-7,9-11H2,1-2H3. The normalized spacial score (nSPS) is 19.2. The van der Waals surface area contributed by atoms with Gasteiger partial charge in [0.05, 0.1) is 6.54 Å². The molecule has 1 fully saturated rings. The number of rotatable bonds is 5. The summed E-state index contributed by atoms with van der Waals surface area (Å²) in [6.45, 7) is 3.80. The van der Waals surface area contributed by atoms with Crippen LogP contribution in [0.25, 0.3) is 0 Å². The van der Waals surface area contributed by atoms with Gasteiger partial charge >= 0.3 is 6.18 Å². The molecule has 1 heterocycles. The summed E-state index contributed by atoms with van der Waals surface area (Å²) in [5.74, 6) is -0.513. The Labute approximate surface area is 150 Å². The average Bonchev–Trinajstić information content (AvgIpc) is 2.52. The molecule has 1 unspecified atom stereocenters. The van der Waals surface area contributed by atoms with Gasteiger partial charge in [-0.3, -0.25) is 9.69 Å². The number of halogens is 4. The summed E-state index contributed by atoms with van der Waals surface area (Å²) >= 11 is 6.04. The molecule has 1 N–H and O–H groups in total. The molecule has 0 spiro atoms. The zero-order chi connectivity index (χ0) is 18.6. The van der Waals surface area contributed by atoms with Crippen molar-refractivity contribution in [2.45, 2.75) is 32.1 Å². The highest BCUT2D eigenvalue weighted by molar-refractivity contribution is 6.30. The number of carbonyl (C=O) groups is 1. The zero-order valence-electron chi connectivity index (χ0n) is 14.3. The maximum Gasteiger partial charge on any atom is 0.406 e. The molecule has 1 atom stereocenters. The Morgan fingerprint density at radius 1 is 1.44 bits per heavy atom. The van der Waals surface area contributed by atoms with Gasteiger partial charge in [0.25, 0.3) is 0 Å². The number of hydrogen-bond donors (Lipinski definition) is 1. The van der Waals surface area contributed by atoms with Crippen LogP contribution < -0.4 is 5.32 Å². The van der Waals surface area contributed by atoms with Crippen LogP contribution in [-0.4, -0.2) is 60.6 Å². The van der Waals surface area contributed by atoms with Crippen LogP contribution in [0.1, 0.15) is 25.5 Å². The third-order valence-electron chi connectivity index (χ3n) is 4.22. The van der Waals surface area contributed by atoms with Gasteiger partial charge in [-0.1, -0.05) is 23.7 Å². The topological polar surface area (TPSA) is 35.6 Å². The van der Waals surface area contributed by atoms with E-state index < -0.39 is 24.7 Å². The average molecular weight is 378 g/mol. The van der Waals surface area contributed by atoms with Crippen LogP contribution in [0.5, 0.6) is 0 Å². The van der Waals surface area contributed by atoms with Crippen LogP contribution in [-0.2, 0) is 4.79 Å². The smallest absolute Gasteiger partial charge is 0.330 e. The molecule has 0 aromatic heterocycles. The van der Waals surface area contributed by atoms with E-state index in [2.05, 4.69) is 5.32 Å². The summed E-state index contributed by atoms with van der Waals surface area (Å²) in [4.78, 5) is 15.3. The SMILES string of the molecule is CC(C)N(CC(F)(F)F)C(=O)CN1CCNCC1c1cccc(Cl)c1. The second-order valence-corrected chi connectivity index (χ2v) is 6.91. The third kappa shape index (κ3) is 5.87. The van der Waals surface area contributed by atoms with Crippen molar-refractivity contribution in [3.8, 4) is 0 Å². The van der Waals surface area contributed by atoms with Crippen molar-refractivity contribution in [1.29, 1.82) is 0 Å². The van der Waals surface area contributed by atoms with E-state index in [0.29, 0.717) is 24.7 Å². The van der Waals surface area contributed by atoms with Crippen LogP contribution in [0, 0.1) is 0 Å². The van der Waals surface area contributed by atoms with Crippen molar-refractivity contribution in [2.75, 3.05) is 32.7 Å². The molecule has 1 saturated heterocycles. The molecule has 1 aromatic rings. The van der Waals surface area contributed by atoms with E-state index in [0.717, 1.165) is 10.5 Å². The fourth-order valence-electron chi connectivity index (χ4n) is 2.99. The molecular weight excluding hydrogens is 355 g/mol. The zero-order valence-corrected chi connectivity index (χ0v) is 15.1. The first-order valence-electron chi connectivity index (χ1n) is 8.24. The summed E-state index contributed by atoms with van der Waals surface area (Å²) in [5, 5.41) is 3.85. The van der Waals surface area contributed by atoms with Gasteiger partial charge in [0, 0.05) is 36.7 Å². The van der Waals surface area contributed by atoms with Crippen LogP contribution in [0.3, 0.4) is 0 Å². The van der Waals surface area contributed by atoms with E-state index in [1.165, 1.54) is 0 Å². The lowest BCUT2D eigenvalue weighted by molar-refractivity contribution is -0.165. The molecule has 1 aromatic carbocycles. The maximum atomic E-state index is 12.8. The maximum absolute atomic E-state index is 12.8. The van der Waals surface area contributed by atoms with Gasteiger partial charge in [0.1, 0.15) is 6.54 Å². The number of amides is 1. The Balaban J connectivity index is 2.13. The highest BCUT2D eigenvalue weighted by Crippen LogP contribution is 2.25. The molecule has 25 heavy (non-hydrogen) atoms. The number of carbonyl (C=O) groups excluding carboxylic acids is 1. The van der Waals surface area contributed by atoms with Gasteiger partial charge < -0.3 is 10.2 Å². The first kappa shape index (κ1) is 20.0. The molecule has 4 nitrogen and oxygen atoms in total. The Hall–Kier alpha value is -1.31. The molecule has 0 aliphatic carbocycles. The van der Waals surface area contributed by atoms with Crippen LogP contribution in [0.4, 0.5) is 13.2 Å². The van der Waals surface area contributed by atoms with Crippen LogP contribution in [0.2, 0.25) is 5.02 Å². The molecule has 2 rings (SSSR count). The van der Waals surface area contributed by atoms with E-state index in [-0.39, 0.29) is 12.6 Å². The number of benzene rings is 1. The Morgan fingerprint density at radius 2 is 2.16 bits per heavy atom. The number of nitrogens with one attached hydrogen (secondary N) is 1. The molecule has 0 saturated carbocycles. The van der Waals surface area contributed by atoms with Gasteiger partial charge in [0.15, 0.2) is 0 Å². The monoisotopic (exact) mass is 377 g/mol. The second-order valence-electron chi connectivity index (χ2n) is 6.48. The predicted molar refractivity (Wildman–Crippen MR) is 91.5 cm³/mol. The summed E-state index contributed by atoms with van der Waals surface area (Å²) in [6, 6.07) is 6.72. The second kappa shape index (κ2) is 8.38. The van der Waals surface area contributed by atoms with E-state index in [4.69, 9.17) is 11.6 Å². The molecule has 140 valence electrons. The molecule has 0 radical (unpaired) electrons. The minimum absolute atomic E-state index is 0.0485. The van der Waals surface area contributed by atoms with Gasteiger partial charge in [0.2, 0.25) is 5.91 Å². The minimum atomic E-state index is -4.41. The van der Waals surface area contributed by atoms with Gasteiger partial charge in [-0.05, 0) is 31.5 Å². The number of alkyl halides is 3. The molecule has 1 aliphatic heterocycles. The van der Waals surface area contributed by atoms with Crippen LogP contribution >= 0.6 is 11.6 Å². The fraction of sp³-hybridized carbons (Fsp3) is 0.588. The first-order valence-corrected chi connectivity index (χ1v) is 8.61. The summed E-state index contributed by atoms with van der Waals surface area (Å²) < 4.78 is 38.3. The lowest BCUT2D eigenvalue weighted by Crippen LogP contribution is -2.52. The molecule has 0 bridgehead atoms. The highest BCUT2D eigenvalue weighted by Gasteiger charge is 2.35. The number of nitrogens with zero attached hydrogens (tertiary/aromatic N) is 2. The highest BCUT2D eigenvalue weighted by atomic mass is 35.5. The Bertz CT molecular complexity index is 595. The molecular formula is C17H23ClF3N3O. The van der Waals surface area contributed by atoms with Crippen LogP contribution in [0.15, 0.2) is 24.3 Å². The van der Waals surface area contributed by atoms with Crippen molar-refractivity contribution in [3.05, 3.63) is 34.9 Å². The lowest BCUT2D eigenvalue weighted by atomic mass is 10.0. The van der Waals surface area contributed by atoms with Gasteiger partial charge in [-0.2, -0.15) is 13.2 Å².